The van der Waals surface area contributed by atoms with Gasteiger partial charge in [-0.1, -0.05) is 24.3 Å². The first-order valence-corrected chi connectivity index (χ1v) is 6.46. The molecule has 19 heavy (non-hydrogen) atoms. The molecule has 0 spiro atoms. The minimum Gasteiger partial charge on any atom is -0.481 e. The smallest absolute Gasteiger partial charge is 0.310 e. The molecule has 1 aromatic carbocycles. The molecule has 0 aromatic heterocycles. The number of aliphatic carboxylic acids is 1. The van der Waals surface area contributed by atoms with Crippen LogP contribution >= 0.6 is 0 Å². The van der Waals surface area contributed by atoms with Gasteiger partial charge in [0.1, 0.15) is 0 Å². The number of carbonyl (C=O) groups is 1. The molecular weight excluding hydrogens is 242 g/mol. The average Bonchev–Trinajstić information content (AvgIpc) is 2.38. The number of hydrogen-bond acceptors (Lipinski definition) is 3. The largest absolute Gasteiger partial charge is 0.481 e. The molecule has 1 aromatic rings. The van der Waals surface area contributed by atoms with Gasteiger partial charge in [-0.05, 0) is 32.0 Å². The SMILES string of the molecule is COCC(C)N(C)Cc1ccc(C(C)C(=O)O)cc1. The molecule has 106 valence electrons. The zero-order valence-electron chi connectivity index (χ0n) is 12.1. The van der Waals surface area contributed by atoms with Gasteiger partial charge in [0, 0.05) is 19.7 Å². The summed E-state index contributed by atoms with van der Waals surface area (Å²) in [5, 5.41) is 8.96. The number of ether oxygens (including phenoxy) is 1. The van der Waals surface area contributed by atoms with E-state index in [0.717, 1.165) is 12.1 Å². The Morgan fingerprint density at radius 1 is 1.32 bits per heavy atom. The minimum absolute atomic E-state index is 0.350. The molecule has 0 fully saturated rings. The first kappa shape index (κ1) is 15.7. The molecule has 2 unspecified atom stereocenters. The fourth-order valence-electron chi connectivity index (χ4n) is 1.87. The summed E-state index contributed by atoms with van der Waals surface area (Å²) in [6, 6.07) is 8.12. The second-order valence-electron chi connectivity index (χ2n) is 5.02. The molecule has 0 aliphatic heterocycles. The van der Waals surface area contributed by atoms with Crippen molar-refractivity contribution in [3.63, 3.8) is 0 Å². The number of nitrogens with zero attached hydrogens (tertiary/aromatic N) is 1. The quantitative estimate of drug-likeness (QED) is 0.822. The maximum atomic E-state index is 10.9. The van der Waals surface area contributed by atoms with Crippen LogP contribution in [-0.2, 0) is 16.1 Å². The summed E-state index contributed by atoms with van der Waals surface area (Å²) in [6.45, 7) is 5.34. The molecule has 4 nitrogen and oxygen atoms in total. The van der Waals surface area contributed by atoms with Crippen LogP contribution in [0, 0.1) is 0 Å². The van der Waals surface area contributed by atoms with Gasteiger partial charge in [0.05, 0.1) is 12.5 Å². The fourth-order valence-corrected chi connectivity index (χ4v) is 1.87. The number of carboxylic acids is 1. The van der Waals surface area contributed by atoms with Crippen molar-refractivity contribution in [3.05, 3.63) is 35.4 Å². The van der Waals surface area contributed by atoms with E-state index in [1.807, 2.05) is 24.3 Å². The van der Waals surface area contributed by atoms with Crippen LogP contribution < -0.4 is 0 Å². The zero-order chi connectivity index (χ0) is 14.4. The predicted octanol–water partition coefficient (Wildman–Crippen LogP) is 2.34. The lowest BCUT2D eigenvalue weighted by Gasteiger charge is -2.24. The summed E-state index contributed by atoms with van der Waals surface area (Å²) < 4.78 is 5.13. The Morgan fingerprint density at radius 3 is 2.37 bits per heavy atom. The van der Waals surface area contributed by atoms with E-state index in [9.17, 15) is 4.79 Å². The van der Waals surface area contributed by atoms with E-state index in [4.69, 9.17) is 9.84 Å². The van der Waals surface area contributed by atoms with Gasteiger partial charge in [0.25, 0.3) is 0 Å². The maximum absolute atomic E-state index is 10.9. The second kappa shape index (κ2) is 7.26. The number of hydrogen-bond donors (Lipinski definition) is 1. The van der Waals surface area contributed by atoms with Crippen molar-refractivity contribution in [2.24, 2.45) is 0 Å². The van der Waals surface area contributed by atoms with E-state index in [1.165, 1.54) is 5.56 Å². The first-order valence-electron chi connectivity index (χ1n) is 6.46. The van der Waals surface area contributed by atoms with Crippen LogP contribution in [0.15, 0.2) is 24.3 Å². The molecule has 4 heteroatoms. The fraction of sp³-hybridized carbons (Fsp3) is 0.533. The van der Waals surface area contributed by atoms with E-state index in [1.54, 1.807) is 14.0 Å². The summed E-state index contributed by atoms with van der Waals surface area (Å²) in [5.74, 6) is -1.25. The first-order chi connectivity index (χ1) is 8.95. The predicted molar refractivity (Wildman–Crippen MR) is 75.3 cm³/mol. The highest BCUT2D eigenvalue weighted by Crippen LogP contribution is 2.17. The van der Waals surface area contributed by atoms with Gasteiger partial charge in [-0.15, -0.1) is 0 Å². The molecule has 0 saturated heterocycles. The molecule has 0 aliphatic rings. The van der Waals surface area contributed by atoms with Crippen LogP contribution in [0.3, 0.4) is 0 Å². The van der Waals surface area contributed by atoms with Crippen LogP contribution in [0.25, 0.3) is 0 Å². The van der Waals surface area contributed by atoms with Crippen molar-refractivity contribution in [1.82, 2.24) is 4.90 Å². The average molecular weight is 265 g/mol. The molecule has 0 radical (unpaired) electrons. The third kappa shape index (κ3) is 4.65. The monoisotopic (exact) mass is 265 g/mol. The highest BCUT2D eigenvalue weighted by molar-refractivity contribution is 5.75. The molecule has 0 saturated carbocycles. The van der Waals surface area contributed by atoms with Crippen LogP contribution in [0.2, 0.25) is 0 Å². The van der Waals surface area contributed by atoms with Crippen molar-refractivity contribution < 1.29 is 14.6 Å². The molecule has 0 aliphatic carbocycles. The highest BCUT2D eigenvalue weighted by atomic mass is 16.5. The number of likely N-dealkylation sites (N-methyl/N-ethyl adjacent to an activating group) is 1. The van der Waals surface area contributed by atoms with Crippen molar-refractivity contribution >= 4 is 5.97 Å². The summed E-state index contributed by atoms with van der Waals surface area (Å²) in [5.41, 5.74) is 2.01. The van der Waals surface area contributed by atoms with Gasteiger partial charge in [-0.3, -0.25) is 9.69 Å². The van der Waals surface area contributed by atoms with Crippen LogP contribution in [0.1, 0.15) is 30.9 Å². The van der Waals surface area contributed by atoms with Gasteiger partial charge in [-0.25, -0.2) is 0 Å². The van der Waals surface area contributed by atoms with Gasteiger partial charge >= 0.3 is 5.97 Å². The Labute approximate surface area is 115 Å². The van der Waals surface area contributed by atoms with E-state index in [2.05, 4.69) is 18.9 Å². The number of rotatable bonds is 7. The van der Waals surface area contributed by atoms with E-state index in [0.29, 0.717) is 12.6 Å². The standard InChI is InChI=1S/C15H23NO3/c1-11(10-19-4)16(3)9-13-5-7-14(8-6-13)12(2)15(17)18/h5-8,11-12H,9-10H2,1-4H3,(H,17,18). The normalized spacial score (nSPS) is 14.4. The maximum Gasteiger partial charge on any atom is 0.310 e. The third-order valence-corrected chi connectivity index (χ3v) is 3.44. The van der Waals surface area contributed by atoms with Crippen LogP contribution in [0.5, 0.6) is 0 Å². The summed E-state index contributed by atoms with van der Waals surface area (Å²) in [4.78, 5) is 13.1. The van der Waals surface area contributed by atoms with Crippen LogP contribution in [-0.4, -0.2) is 42.8 Å². The topological polar surface area (TPSA) is 49.8 Å². The van der Waals surface area contributed by atoms with E-state index in [-0.39, 0.29) is 0 Å². The van der Waals surface area contributed by atoms with Crippen molar-refractivity contribution in [3.8, 4) is 0 Å². The lowest BCUT2D eigenvalue weighted by molar-refractivity contribution is -0.138. The Kier molecular flexibility index (Phi) is 5.99. The molecule has 1 rings (SSSR count). The third-order valence-electron chi connectivity index (χ3n) is 3.44. The van der Waals surface area contributed by atoms with Crippen molar-refractivity contribution in [2.45, 2.75) is 32.4 Å². The Hall–Kier alpha value is -1.39. The number of methoxy groups -OCH3 is 1. The number of benzene rings is 1. The molecule has 0 bridgehead atoms. The molecule has 0 amide bonds. The molecule has 1 N–H and O–H groups in total. The summed E-state index contributed by atoms with van der Waals surface area (Å²) in [6.07, 6.45) is 0. The van der Waals surface area contributed by atoms with Crippen molar-refractivity contribution in [1.29, 1.82) is 0 Å². The van der Waals surface area contributed by atoms with Crippen LogP contribution in [0.4, 0.5) is 0 Å². The number of carboxylic acid groups (broad SMARTS) is 1. The molecular formula is C15H23NO3. The van der Waals surface area contributed by atoms with Gasteiger partial charge < -0.3 is 9.84 Å². The second-order valence-corrected chi connectivity index (χ2v) is 5.02. The van der Waals surface area contributed by atoms with E-state index < -0.39 is 11.9 Å². The minimum atomic E-state index is -0.793. The highest BCUT2D eigenvalue weighted by Gasteiger charge is 2.14. The van der Waals surface area contributed by atoms with Crippen molar-refractivity contribution in [2.75, 3.05) is 20.8 Å². The lowest BCUT2D eigenvalue weighted by atomic mass is 10.00. The lowest BCUT2D eigenvalue weighted by Crippen LogP contribution is -2.32. The van der Waals surface area contributed by atoms with Gasteiger partial charge in [0.2, 0.25) is 0 Å². The summed E-state index contributed by atoms with van der Waals surface area (Å²) in [7, 11) is 3.75. The Bertz CT molecular complexity index is 402. The Morgan fingerprint density at radius 2 is 1.89 bits per heavy atom. The molecule has 0 heterocycles. The van der Waals surface area contributed by atoms with E-state index >= 15 is 0 Å². The summed E-state index contributed by atoms with van der Waals surface area (Å²) >= 11 is 0. The molecule has 2 atom stereocenters. The van der Waals surface area contributed by atoms with Gasteiger partial charge in [0.15, 0.2) is 0 Å². The zero-order valence-corrected chi connectivity index (χ0v) is 12.1. The van der Waals surface area contributed by atoms with Gasteiger partial charge in [-0.2, -0.15) is 0 Å². The Balaban J connectivity index is 2.64.